The molecule has 0 atom stereocenters. The van der Waals surface area contributed by atoms with Crippen LogP contribution in [-0.2, 0) is 19.4 Å². The van der Waals surface area contributed by atoms with E-state index in [4.69, 9.17) is 5.73 Å². The molecule has 0 saturated heterocycles. The van der Waals surface area contributed by atoms with E-state index < -0.39 is 40.7 Å². The Bertz CT molecular complexity index is 640. The summed E-state index contributed by atoms with van der Waals surface area (Å²) in [5.41, 5.74) is 2.82. The van der Waals surface area contributed by atoms with Crippen LogP contribution in [0.25, 0.3) is 11.0 Å². The van der Waals surface area contributed by atoms with Crippen LogP contribution >= 0.6 is 0 Å². The second-order valence-electron chi connectivity index (χ2n) is 3.60. The van der Waals surface area contributed by atoms with Crippen LogP contribution in [0, 0.1) is 0 Å². The Kier molecular flexibility index (Phi) is 2.61. The lowest BCUT2D eigenvalue weighted by molar-refractivity contribution is -0.151. The van der Waals surface area contributed by atoms with Crippen LogP contribution in [-0.4, -0.2) is 19.7 Å². The molecular weight excluding hydrogens is 280 g/mol. The molecule has 2 rings (SSSR count). The molecule has 2 heterocycles. The highest BCUT2D eigenvalue weighted by molar-refractivity contribution is 5.89. The largest absolute Gasteiger partial charge is 0.451 e. The quantitative estimate of drug-likeness (QED) is 0.751. The standard InChI is InChI=1S/C8H5F6N5/c1-19-4(15)2-3(7(9,10)11)16-6(8(12,13)14)17-5(2)18-19/h15H2,1H3. The number of halogens is 6. The molecule has 0 spiro atoms. The van der Waals surface area contributed by atoms with Crippen molar-refractivity contribution in [2.75, 3.05) is 5.73 Å². The van der Waals surface area contributed by atoms with Crippen molar-refractivity contribution in [3.8, 4) is 0 Å². The highest BCUT2D eigenvalue weighted by Gasteiger charge is 2.42. The zero-order chi connectivity index (χ0) is 14.6. The number of hydrogen-bond acceptors (Lipinski definition) is 4. The third-order valence-corrected chi connectivity index (χ3v) is 2.26. The Morgan fingerprint density at radius 3 is 2.05 bits per heavy atom. The predicted octanol–water partition coefficient (Wildman–Crippen LogP) is 1.98. The second-order valence-corrected chi connectivity index (χ2v) is 3.60. The number of nitrogen functional groups attached to an aromatic ring is 1. The van der Waals surface area contributed by atoms with E-state index in [-0.39, 0.29) is 0 Å². The van der Waals surface area contributed by atoms with Gasteiger partial charge in [-0.25, -0.2) is 9.97 Å². The van der Waals surface area contributed by atoms with E-state index in [1.165, 1.54) is 7.05 Å². The molecule has 0 unspecified atom stereocenters. The van der Waals surface area contributed by atoms with Gasteiger partial charge in [0.1, 0.15) is 5.82 Å². The van der Waals surface area contributed by atoms with Gasteiger partial charge in [0.15, 0.2) is 11.3 Å². The van der Waals surface area contributed by atoms with E-state index in [0.29, 0.717) is 0 Å². The number of alkyl halides is 6. The van der Waals surface area contributed by atoms with Crippen LogP contribution in [0.3, 0.4) is 0 Å². The maximum atomic E-state index is 12.7. The minimum Gasteiger partial charge on any atom is -0.383 e. The van der Waals surface area contributed by atoms with Gasteiger partial charge in [-0.2, -0.15) is 31.4 Å². The van der Waals surface area contributed by atoms with Gasteiger partial charge in [-0.1, -0.05) is 0 Å². The minimum atomic E-state index is -5.11. The molecule has 2 N–H and O–H groups in total. The summed E-state index contributed by atoms with van der Waals surface area (Å²) in [7, 11) is 1.18. The summed E-state index contributed by atoms with van der Waals surface area (Å²) in [5.74, 6) is -2.37. The Morgan fingerprint density at radius 1 is 1.00 bits per heavy atom. The fraction of sp³-hybridized carbons (Fsp3) is 0.375. The molecule has 0 aliphatic rings. The summed E-state index contributed by atoms with van der Waals surface area (Å²) in [6.07, 6.45) is -10.2. The number of aryl methyl sites for hydroxylation is 1. The number of aromatic nitrogens is 4. The van der Waals surface area contributed by atoms with Gasteiger partial charge < -0.3 is 5.73 Å². The van der Waals surface area contributed by atoms with Crippen molar-refractivity contribution in [2.45, 2.75) is 12.4 Å². The van der Waals surface area contributed by atoms with Crippen molar-refractivity contribution in [3.63, 3.8) is 0 Å². The molecule has 0 aromatic carbocycles. The summed E-state index contributed by atoms with van der Waals surface area (Å²) in [4.78, 5) is 5.48. The Balaban J connectivity index is 2.89. The van der Waals surface area contributed by atoms with E-state index in [9.17, 15) is 26.3 Å². The summed E-state index contributed by atoms with van der Waals surface area (Å²) in [6.45, 7) is 0. The fourth-order valence-electron chi connectivity index (χ4n) is 1.45. The van der Waals surface area contributed by atoms with Crippen LogP contribution in [0.5, 0.6) is 0 Å². The SMILES string of the molecule is Cn1nc2nc(C(F)(F)F)nc(C(F)(F)F)c2c1N. The first-order chi connectivity index (χ1) is 8.51. The molecule has 0 aliphatic carbocycles. The van der Waals surface area contributed by atoms with Crippen LogP contribution < -0.4 is 5.73 Å². The van der Waals surface area contributed by atoms with Crippen LogP contribution in [0.4, 0.5) is 32.2 Å². The summed E-state index contributed by atoms with van der Waals surface area (Å²) >= 11 is 0. The lowest BCUT2D eigenvalue weighted by Crippen LogP contribution is -2.17. The third-order valence-electron chi connectivity index (χ3n) is 2.26. The highest BCUT2D eigenvalue weighted by atomic mass is 19.4. The van der Waals surface area contributed by atoms with E-state index in [2.05, 4.69) is 15.1 Å². The summed E-state index contributed by atoms with van der Waals surface area (Å²) < 4.78 is 76.3. The van der Waals surface area contributed by atoms with Gasteiger partial charge >= 0.3 is 12.4 Å². The Morgan fingerprint density at radius 2 is 1.58 bits per heavy atom. The fourth-order valence-corrected chi connectivity index (χ4v) is 1.45. The molecule has 11 heteroatoms. The van der Waals surface area contributed by atoms with Crippen LogP contribution in [0.2, 0.25) is 0 Å². The van der Waals surface area contributed by atoms with Crippen molar-refractivity contribution in [3.05, 3.63) is 11.5 Å². The average molecular weight is 285 g/mol. The Hall–Kier alpha value is -2.07. The molecule has 104 valence electrons. The first kappa shape index (κ1) is 13.4. The number of rotatable bonds is 0. The topological polar surface area (TPSA) is 69.6 Å². The Labute approximate surface area is 101 Å². The van der Waals surface area contributed by atoms with E-state index in [1.54, 1.807) is 0 Å². The van der Waals surface area contributed by atoms with Gasteiger partial charge in [-0.3, -0.25) is 4.68 Å². The molecular formula is C8H5F6N5. The van der Waals surface area contributed by atoms with Gasteiger partial charge in [0.05, 0.1) is 5.39 Å². The van der Waals surface area contributed by atoms with Crippen molar-refractivity contribution in [2.24, 2.45) is 7.05 Å². The number of fused-ring (bicyclic) bond motifs is 1. The highest BCUT2D eigenvalue weighted by Crippen LogP contribution is 2.37. The molecule has 2 aromatic rings. The number of nitrogens with two attached hydrogens (primary N) is 1. The molecule has 0 bridgehead atoms. The third kappa shape index (κ3) is 2.15. The molecule has 0 amide bonds. The van der Waals surface area contributed by atoms with Gasteiger partial charge in [-0.15, -0.1) is 0 Å². The average Bonchev–Trinajstić information content (AvgIpc) is 2.51. The van der Waals surface area contributed by atoms with Crippen molar-refractivity contribution in [1.29, 1.82) is 0 Å². The number of hydrogen-bond donors (Lipinski definition) is 1. The lowest BCUT2D eigenvalue weighted by Gasteiger charge is -2.10. The van der Waals surface area contributed by atoms with Crippen LogP contribution in [0.15, 0.2) is 0 Å². The monoisotopic (exact) mass is 285 g/mol. The summed E-state index contributed by atoms with van der Waals surface area (Å²) in [6, 6.07) is 0. The van der Waals surface area contributed by atoms with E-state index >= 15 is 0 Å². The molecule has 0 fully saturated rings. The maximum absolute atomic E-state index is 12.7. The molecule has 19 heavy (non-hydrogen) atoms. The molecule has 2 aromatic heterocycles. The normalized spacial score (nSPS) is 13.2. The summed E-state index contributed by atoms with van der Waals surface area (Å²) in [5, 5.41) is 2.65. The smallest absolute Gasteiger partial charge is 0.383 e. The number of anilines is 1. The zero-order valence-electron chi connectivity index (χ0n) is 9.13. The molecule has 0 aliphatic heterocycles. The van der Waals surface area contributed by atoms with E-state index in [1.807, 2.05) is 0 Å². The molecule has 0 saturated carbocycles. The molecule has 0 radical (unpaired) electrons. The second kappa shape index (κ2) is 3.71. The van der Waals surface area contributed by atoms with Gasteiger partial charge in [0.25, 0.3) is 0 Å². The van der Waals surface area contributed by atoms with Gasteiger partial charge in [-0.05, 0) is 0 Å². The van der Waals surface area contributed by atoms with Crippen molar-refractivity contribution in [1.82, 2.24) is 19.7 Å². The number of nitrogens with zero attached hydrogens (tertiary/aromatic N) is 4. The van der Waals surface area contributed by atoms with Gasteiger partial charge in [0, 0.05) is 7.05 Å². The zero-order valence-corrected chi connectivity index (χ0v) is 9.13. The molecule has 5 nitrogen and oxygen atoms in total. The van der Waals surface area contributed by atoms with Crippen molar-refractivity contribution >= 4 is 16.9 Å². The van der Waals surface area contributed by atoms with Crippen LogP contribution in [0.1, 0.15) is 11.5 Å². The van der Waals surface area contributed by atoms with Crippen molar-refractivity contribution < 1.29 is 26.3 Å². The lowest BCUT2D eigenvalue weighted by atomic mass is 10.2. The maximum Gasteiger partial charge on any atom is 0.451 e. The minimum absolute atomic E-state index is 0.462. The first-order valence-corrected chi connectivity index (χ1v) is 4.66. The van der Waals surface area contributed by atoms with Gasteiger partial charge in [0.2, 0.25) is 5.82 Å². The van der Waals surface area contributed by atoms with E-state index in [0.717, 1.165) is 4.68 Å². The predicted molar refractivity (Wildman–Crippen MR) is 50.7 cm³/mol. The first-order valence-electron chi connectivity index (χ1n) is 4.66.